The van der Waals surface area contributed by atoms with Crippen molar-refractivity contribution in [2.24, 2.45) is 5.92 Å². The largest absolute Gasteiger partial charge is 0.385 e. The third-order valence-electron chi connectivity index (χ3n) is 3.31. The Labute approximate surface area is 132 Å². The lowest BCUT2D eigenvalue weighted by atomic mass is 10.1. The minimum atomic E-state index is -3.53. The number of carbonyl (C=O) groups is 1. The molecule has 0 radical (unpaired) electrons. The van der Waals surface area contributed by atoms with Gasteiger partial charge in [0.1, 0.15) is 0 Å². The van der Waals surface area contributed by atoms with E-state index in [2.05, 4.69) is 10.0 Å². The average molecular weight is 328 g/mol. The lowest BCUT2D eigenvalue weighted by Crippen LogP contribution is -2.25. The number of benzene rings is 1. The molecule has 0 bridgehead atoms. The van der Waals surface area contributed by atoms with Crippen LogP contribution in [0.3, 0.4) is 0 Å². The number of methoxy groups -OCH3 is 1. The first kappa shape index (κ1) is 18.6. The fourth-order valence-electron chi connectivity index (χ4n) is 1.67. The number of amides is 1. The first-order valence-electron chi connectivity index (χ1n) is 7.30. The molecule has 0 aliphatic rings. The van der Waals surface area contributed by atoms with E-state index in [1.165, 1.54) is 12.1 Å². The Bertz CT molecular complexity index is 570. The van der Waals surface area contributed by atoms with E-state index in [1.807, 2.05) is 13.8 Å². The minimum absolute atomic E-state index is 0.0733. The van der Waals surface area contributed by atoms with Crippen molar-refractivity contribution >= 4 is 21.6 Å². The zero-order valence-corrected chi connectivity index (χ0v) is 14.1. The fraction of sp³-hybridized carbons (Fsp3) is 0.533. The predicted octanol–water partition coefficient (Wildman–Crippen LogP) is 1.99. The van der Waals surface area contributed by atoms with Crippen LogP contribution in [0.4, 0.5) is 5.69 Å². The van der Waals surface area contributed by atoms with E-state index < -0.39 is 10.0 Å². The van der Waals surface area contributed by atoms with Gasteiger partial charge in [0.15, 0.2) is 0 Å². The summed E-state index contributed by atoms with van der Waals surface area (Å²) in [5.41, 5.74) is 0.587. The second-order valence-corrected chi connectivity index (χ2v) is 6.83. The maximum absolute atomic E-state index is 12.0. The molecule has 124 valence electrons. The maximum Gasteiger partial charge on any atom is 0.240 e. The van der Waals surface area contributed by atoms with E-state index in [9.17, 15) is 13.2 Å². The van der Waals surface area contributed by atoms with E-state index in [0.717, 1.165) is 6.42 Å². The summed E-state index contributed by atoms with van der Waals surface area (Å²) < 4.78 is 31.5. The molecule has 0 aliphatic carbocycles. The Kier molecular flexibility index (Phi) is 7.50. The van der Waals surface area contributed by atoms with Gasteiger partial charge in [0, 0.05) is 31.9 Å². The van der Waals surface area contributed by atoms with Gasteiger partial charge in [-0.2, -0.15) is 0 Å². The summed E-state index contributed by atoms with van der Waals surface area (Å²) in [5.74, 6) is -0.151. The van der Waals surface area contributed by atoms with E-state index in [-0.39, 0.29) is 16.7 Å². The fourth-order valence-corrected chi connectivity index (χ4v) is 2.75. The summed E-state index contributed by atoms with van der Waals surface area (Å²) in [7, 11) is -1.95. The lowest BCUT2D eigenvalue weighted by Gasteiger charge is -2.11. The summed E-state index contributed by atoms with van der Waals surface area (Å²) >= 11 is 0. The Hall–Kier alpha value is -1.44. The average Bonchev–Trinajstić information content (AvgIpc) is 2.51. The highest BCUT2D eigenvalue weighted by atomic mass is 32.2. The van der Waals surface area contributed by atoms with Crippen LogP contribution in [-0.2, 0) is 19.6 Å². The number of hydrogen-bond acceptors (Lipinski definition) is 4. The molecule has 2 N–H and O–H groups in total. The Balaban J connectivity index is 2.65. The van der Waals surface area contributed by atoms with Crippen LogP contribution >= 0.6 is 0 Å². The Morgan fingerprint density at radius 2 is 1.91 bits per heavy atom. The number of ether oxygens (including phenoxy) is 1. The standard InChI is InChI=1S/C15H24N2O4S/c1-4-12(2)15(18)17-13-6-8-14(9-7-13)22(19,20)16-10-5-11-21-3/h6-9,12,16H,4-5,10-11H2,1-3H3,(H,17,18). The van der Waals surface area contributed by atoms with Crippen LogP contribution in [0.5, 0.6) is 0 Å². The van der Waals surface area contributed by atoms with Crippen LogP contribution in [0.2, 0.25) is 0 Å². The van der Waals surface area contributed by atoms with Crippen molar-refractivity contribution in [3.05, 3.63) is 24.3 Å². The molecule has 1 unspecified atom stereocenters. The van der Waals surface area contributed by atoms with E-state index in [0.29, 0.717) is 25.3 Å². The monoisotopic (exact) mass is 328 g/mol. The molecule has 1 rings (SSSR count). The number of rotatable bonds is 9. The Morgan fingerprint density at radius 3 is 2.45 bits per heavy atom. The molecule has 0 aromatic heterocycles. The molecule has 6 nitrogen and oxygen atoms in total. The number of sulfonamides is 1. The molecule has 22 heavy (non-hydrogen) atoms. The molecule has 0 heterocycles. The van der Waals surface area contributed by atoms with Crippen molar-refractivity contribution < 1.29 is 17.9 Å². The van der Waals surface area contributed by atoms with Crippen molar-refractivity contribution in [2.75, 3.05) is 25.6 Å². The molecular weight excluding hydrogens is 304 g/mol. The van der Waals surface area contributed by atoms with Crippen molar-refractivity contribution in [3.8, 4) is 0 Å². The summed E-state index contributed by atoms with van der Waals surface area (Å²) in [6.07, 6.45) is 1.36. The molecule has 1 aromatic carbocycles. The van der Waals surface area contributed by atoms with Gasteiger partial charge in [-0.25, -0.2) is 13.1 Å². The van der Waals surface area contributed by atoms with E-state index in [1.54, 1.807) is 19.2 Å². The predicted molar refractivity (Wildman–Crippen MR) is 86.2 cm³/mol. The SMILES string of the molecule is CCC(C)C(=O)Nc1ccc(S(=O)(=O)NCCCOC)cc1. The summed E-state index contributed by atoms with van der Waals surface area (Å²) in [6.45, 7) is 4.61. The van der Waals surface area contributed by atoms with Crippen LogP contribution in [0.15, 0.2) is 29.2 Å². The Morgan fingerprint density at radius 1 is 1.27 bits per heavy atom. The number of anilines is 1. The van der Waals surface area contributed by atoms with Gasteiger partial charge in [0.2, 0.25) is 15.9 Å². The topological polar surface area (TPSA) is 84.5 Å². The second-order valence-electron chi connectivity index (χ2n) is 5.07. The molecule has 0 saturated heterocycles. The van der Waals surface area contributed by atoms with Gasteiger partial charge in [-0.3, -0.25) is 4.79 Å². The van der Waals surface area contributed by atoms with Crippen LogP contribution in [0.1, 0.15) is 26.7 Å². The zero-order valence-electron chi connectivity index (χ0n) is 13.3. The lowest BCUT2D eigenvalue weighted by molar-refractivity contribution is -0.119. The van der Waals surface area contributed by atoms with Crippen molar-refractivity contribution in [2.45, 2.75) is 31.6 Å². The molecule has 1 aromatic rings. The molecule has 0 spiro atoms. The quantitative estimate of drug-likeness (QED) is 0.679. The smallest absolute Gasteiger partial charge is 0.240 e. The highest BCUT2D eigenvalue weighted by molar-refractivity contribution is 7.89. The number of nitrogens with one attached hydrogen (secondary N) is 2. The highest BCUT2D eigenvalue weighted by Gasteiger charge is 2.14. The summed E-state index contributed by atoms with van der Waals surface area (Å²) in [5, 5.41) is 2.76. The molecule has 0 fully saturated rings. The van der Waals surface area contributed by atoms with Crippen molar-refractivity contribution in [1.82, 2.24) is 4.72 Å². The second kappa shape index (κ2) is 8.87. The number of hydrogen-bond donors (Lipinski definition) is 2. The van der Waals surface area contributed by atoms with E-state index >= 15 is 0 Å². The maximum atomic E-state index is 12.0. The summed E-state index contributed by atoms with van der Waals surface area (Å²) in [6, 6.07) is 6.13. The summed E-state index contributed by atoms with van der Waals surface area (Å²) in [4.78, 5) is 11.9. The van der Waals surface area contributed by atoms with Gasteiger partial charge in [0.05, 0.1) is 4.90 Å². The van der Waals surface area contributed by atoms with Gasteiger partial charge < -0.3 is 10.1 Å². The minimum Gasteiger partial charge on any atom is -0.385 e. The van der Waals surface area contributed by atoms with Gasteiger partial charge in [-0.15, -0.1) is 0 Å². The first-order valence-corrected chi connectivity index (χ1v) is 8.78. The number of carbonyl (C=O) groups excluding carboxylic acids is 1. The van der Waals surface area contributed by atoms with Crippen LogP contribution in [0.25, 0.3) is 0 Å². The van der Waals surface area contributed by atoms with Crippen LogP contribution in [-0.4, -0.2) is 34.6 Å². The van der Waals surface area contributed by atoms with Crippen molar-refractivity contribution in [1.29, 1.82) is 0 Å². The van der Waals surface area contributed by atoms with Crippen LogP contribution in [0, 0.1) is 5.92 Å². The highest BCUT2D eigenvalue weighted by Crippen LogP contribution is 2.15. The molecule has 1 amide bonds. The van der Waals surface area contributed by atoms with Gasteiger partial charge in [-0.1, -0.05) is 13.8 Å². The van der Waals surface area contributed by atoms with Crippen LogP contribution < -0.4 is 10.0 Å². The first-order chi connectivity index (χ1) is 10.4. The van der Waals surface area contributed by atoms with Crippen molar-refractivity contribution in [3.63, 3.8) is 0 Å². The molecule has 0 saturated carbocycles. The molecule has 0 aliphatic heterocycles. The van der Waals surface area contributed by atoms with E-state index in [4.69, 9.17) is 4.74 Å². The molecular formula is C15H24N2O4S. The van der Waals surface area contributed by atoms with Gasteiger partial charge >= 0.3 is 0 Å². The third-order valence-corrected chi connectivity index (χ3v) is 4.79. The van der Waals surface area contributed by atoms with Gasteiger partial charge in [0.25, 0.3) is 0 Å². The normalized spacial score (nSPS) is 12.9. The van der Waals surface area contributed by atoms with Gasteiger partial charge in [-0.05, 0) is 37.1 Å². The molecule has 7 heteroatoms. The zero-order chi connectivity index (χ0) is 16.6. The molecule has 1 atom stereocenters. The third kappa shape index (κ3) is 5.75.